The van der Waals surface area contributed by atoms with Gasteiger partial charge >= 0.3 is 6.18 Å². The summed E-state index contributed by atoms with van der Waals surface area (Å²) < 4.78 is 105. The number of halogens is 8. The van der Waals surface area contributed by atoms with E-state index in [0.29, 0.717) is 6.07 Å². The molecule has 0 aliphatic heterocycles. The highest BCUT2D eigenvalue weighted by Crippen LogP contribution is 2.39. The largest absolute Gasteiger partial charge is 0.416 e. The van der Waals surface area contributed by atoms with Crippen molar-refractivity contribution in [3.05, 3.63) is 58.4 Å². The summed E-state index contributed by atoms with van der Waals surface area (Å²) in [5, 5.41) is 0. The van der Waals surface area contributed by atoms with Gasteiger partial charge in [0.05, 0.1) is 11.1 Å². The van der Waals surface area contributed by atoms with Gasteiger partial charge in [0.1, 0.15) is 0 Å². The van der Waals surface area contributed by atoms with Crippen LogP contribution in [0.1, 0.15) is 11.1 Å². The summed E-state index contributed by atoms with van der Waals surface area (Å²) >= 11 is 0. The minimum atomic E-state index is -4.83. The van der Waals surface area contributed by atoms with Crippen LogP contribution in [0, 0.1) is 36.0 Å². The average Bonchev–Trinajstić information content (AvgIpc) is 2.43. The van der Waals surface area contributed by atoms with Crippen LogP contribution < -0.4 is 0 Å². The maximum Gasteiger partial charge on any atom is 0.416 e. The van der Waals surface area contributed by atoms with Crippen LogP contribution in [0.4, 0.5) is 35.1 Å². The molecule has 0 aromatic heterocycles. The topological polar surface area (TPSA) is 0 Å². The third-order valence-corrected chi connectivity index (χ3v) is 3.12. The maximum absolute atomic E-state index is 13.7. The van der Waals surface area contributed by atoms with E-state index in [1.165, 1.54) is 0 Å². The summed E-state index contributed by atoms with van der Waals surface area (Å²) in [6, 6.07) is 2.32. The molecule has 2 aromatic carbocycles. The normalized spacial score (nSPS) is 11.9. The third kappa shape index (κ3) is 2.42. The van der Waals surface area contributed by atoms with Crippen LogP contribution in [0.5, 0.6) is 0 Å². The van der Waals surface area contributed by atoms with Gasteiger partial charge in [0.25, 0.3) is 0 Å². The summed E-state index contributed by atoms with van der Waals surface area (Å²) in [6.45, 7) is 0.885. The zero-order chi connectivity index (χ0) is 16.8. The van der Waals surface area contributed by atoms with Crippen LogP contribution in [0.15, 0.2) is 18.2 Å². The fraction of sp³-hybridized carbons (Fsp3) is 0.143. The number of benzene rings is 2. The molecule has 0 bridgehead atoms. The van der Waals surface area contributed by atoms with Crippen LogP contribution in [0.2, 0.25) is 0 Å². The van der Waals surface area contributed by atoms with Gasteiger partial charge < -0.3 is 0 Å². The second kappa shape index (κ2) is 5.26. The van der Waals surface area contributed by atoms with E-state index < -0.39 is 57.5 Å². The molecule has 0 saturated carbocycles. The lowest BCUT2D eigenvalue weighted by molar-refractivity contribution is -0.138. The fourth-order valence-corrected chi connectivity index (χ4v) is 2.05. The monoisotopic (exact) mass is 326 g/mol. The molecule has 0 N–H and O–H groups in total. The van der Waals surface area contributed by atoms with E-state index in [2.05, 4.69) is 0 Å². The van der Waals surface area contributed by atoms with Gasteiger partial charge in [-0.05, 0) is 24.1 Å². The maximum atomic E-state index is 13.7. The SMILES string of the molecule is Cc1c(-c2c(F)c(F)c(F)c(F)c2F)cccc1C(F)(F)F. The van der Waals surface area contributed by atoms with Crippen LogP contribution in [-0.4, -0.2) is 0 Å². The number of rotatable bonds is 1. The molecule has 0 aliphatic rings. The van der Waals surface area contributed by atoms with Crippen molar-refractivity contribution < 1.29 is 35.1 Å². The van der Waals surface area contributed by atoms with Gasteiger partial charge in [0.2, 0.25) is 5.82 Å². The Bertz CT molecular complexity index is 716. The lowest BCUT2D eigenvalue weighted by atomic mass is 9.95. The van der Waals surface area contributed by atoms with Crippen molar-refractivity contribution >= 4 is 0 Å². The summed E-state index contributed by atoms with van der Waals surface area (Å²) in [5.74, 6) is -11.2. The molecule has 0 unspecified atom stereocenters. The van der Waals surface area contributed by atoms with Crippen molar-refractivity contribution in [2.75, 3.05) is 0 Å². The van der Waals surface area contributed by atoms with E-state index >= 15 is 0 Å². The molecule has 0 fully saturated rings. The van der Waals surface area contributed by atoms with Gasteiger partial charge in [-0.15, -0.1) is 0 Å². The molecule has 22 heavy (non-hydrogen) atoms. The average molecular weight is 326 g/mol. The molecule has 2 rings (SSSR count). The molecular weight excluding hydrogens is 320 g/mol. The van der Waals surface area contributed by atoms with Crippen molar-refractivity contribution in [1.29, 1.82) is 0 Å². The lowest BCUT2D eigenvalue weighted by Crippen LogP contribution is -2.10. The first kappa shape index (κ1) is 16.3. The molecule has 0 atom stereocenters. The quantitative estimate of drug-likeness (QED) is 0.375. The summed E-state index contributed by atoms with van der Waals surface area (Å²) in [5.41, 5.74) is -3.98. The Labute approximate surface area is 119 Å². The van der Waals surface area contributed by atoms with E-state index in [0.717, 1.165) is 19.1 Å². The minimum absolute atomic E-state index is 0.641. The first-order valence-electron chi connectivity index (χ1n) is 5.76. The van der Waals surface area contributed by atoms with Crippen molar-refractivity contribution in [3.8, 4) is 11.1 Å². The Balaban J connectivity index is 2.85. The van der Waals surface area contributed by atoms with Gasteiger partial charge in [0.15, 0.2) is 23.3 Å². The van der Waals surface area contributed by atoms with Gasteiger partial charge in [-0.2, -0.15) is 13.2 Å². The van der Waals surface area contributed by atoms with E-state index in [1.807, 2.05) is 0 Å². The molecule has 0 radical (unpaired) electrons. The molecule has 2 aromatic rings. The molecule has 0 spiro atoms. The van der Waals surface area contributed by atoms with Gasteiger partial charge in [-0.3, -0.25) is 0 Å². The summed E-state index contributed by atoms with van der Waals surface area (Å²) in [4.78, 5) is 0. The highest BCUT2D eigenvalue weighted by atomic mass is 19.4. The molecule has 0 saturated heterocycles. The third-order valence-electron chi connectivity index (χ3n) is 3.12. The molecule has 0 aliphatic carbocycles. The molecule has 0 nitrogen and oxygen atoms in total. The van der Waals surface area contributed by atoms with Crippen LogP contribution in [0.25, 0.3) is 11.1 Å². The molecule has 118 valence electrons. The fourth-order valence-electron chi connectivity index (χ4n) is 2.05. The van der Waals surface area contributed by atoms with E-state index in [1.54, 1.807) is 0 Å². The Hall–Kier alpha value is -2.12. The van der Waals surface area contributed by atoms with Crippen molar-refractivity contribution in [2.45, 2.75) is 13.1 Å². The highest BCUT2D eigenvalue weighted by molar-refractivity contribution is 5.70. The Morgan fingerprint density at radius 3 is 1.64 bits per heavy atom. The van der Waals surface area contributed by atoms with Crippen molar-refractivity contribution in [1.82, 2.24) is 0 Å². The lowest BCUT2D eigenvalue weighted by Gasteiger charge is -2.15. The van der Waals surface area contributed by atoms with Crippen LogP contribution >= 0.6 is 0 Å². The second-order valence-electron chi connectivity index (χ2n) is 4.42. The zero-order valence-corrected chi connectivity index (χ0v) is 10.8. The van der Waals surface area contributed by atoms with Crippen molar-refractivity contribution in [2.24, 2.45) is 0 Å². The van der Waals surface area contributed by atoms with Gasteiger partial charge in [0, 0.05) is 0 Å². The minimum Gasteiger partial charge on any atom is -0.203 e. The number of hydrogen-bond donors (Lipinski definition) is 0. The predicted molar refractivity (Wildman–Crippen MR) is 61.4 cm³/mol. The molecule has 0 heterocycles. The second-order valence-corrected chi connectivity index (χ2v) is 4.42. The van der Waals surface area contributed by atoms with Crippen LogP contribution in [0.3, 0.4) is 0 Å². The van der Waals surface area contributed by atoms with E-state index in [4.69, 9.17) is 0 Å². The number of alkyl halides is 3. The van der Waals surface area contributed by atoms with Gasteiger partial charge in [-0.1, -0.05) is 12.1 Å². The highest BCUT2D eigenvalue weighted by Gasteiger charge is 2.34. The molecule has 0 amide bonds. The smallest absolute Gasteiger partial charge is 0.203 e. The van der Waals surface area contributed by atoms with E-state index in [9.17, 15) is 35.1 Å². The molecular formula is C14H6F8. The first-order valence-corrected chi connectivity index (χ1v) is 5.76. The number of hydrogen-bond acceptors (Lipinski definition) is 0. The Kier molecular flexibility index (Phi) is 3.88. The molecule has 8 heteroatoms. The summed E-state index contributed by atoms with van der Waals surface area (Å²) in [7, 11) is 0. The van der Waals surface area contributed by atoms with Crippen LogP contribution in [-0.2, 0) is 6.18 Å². The van der Waals surface area contributed by atoms with Crippen molar-refractivity contribution in [3.63, 3.8) is 0 Å². The zero-order valence-electron chi connectivity index (χ0n) is 10.8. The summed E-state index contributed by atoms with van der Waals surface area (Å²) in [6.07, 6.45) is -4.83. The van der Waals surface area contributed by atoms with E-state index in [-0.39, 0.29) is 0 Å². The predicted octanol–water partition coefficient (Wildman–Crippen LogP) is 5.38. The Morgan fingerprint density at radius 2 is 1.18 bits per heavy atom. The van der Waals surface area contributed by atoms with Gasteiger partial charge in [-0.25, -0.2) is 22.0 Å². The Morgan fingerprint density at radius 1 is 0.727 bits per heavy atom. The first-order chi connectivity index (χ1) is 10.1. The standard InChI is InChI=1S/C14H6F8/c1-5-6(3-2-4-7(5)14(20,21)22)8-9(15)11(17)13(19)12(18)10(8)16/h2-4H,1H3.